The predicted molar refractivity (Wildman–Crippen MR) is 62.1 cm³/mol. The lowest BCUT2D eigenvalue weighted by molar-refractivity contribution is -0.137. The highest BCUT2D eigenvalue weighted by Gasteiger charge is 2.31. The van der Waals surface area contributed by atoms with Crippen LogP contribution in [0, 0.1) is 0 Å². The standard InChI is InChI=1S/C11H12F3NO2S/c12-11(13,14)8-2-1-3-9(6-8)15-10-4-5-18(16,17)7-10/h1-3,6,10,15H,4-5,7H2. The normalized spacial score (nSPS) is 22.9. The third kappa shape index (κ3) is 3.16. The first-order chi connectivity index (χ1) is 8.26. The number of halogens is 3. The molecule has 100 valence electrons. The topological polar surface area (TPSA) is 46.2 Å². The summed E-state index contributed by atoms with van der Waals surface area (Å²) in [5.41, 5.74) is -0.444. The van der Waals surface area contributed by atoms with Gasteiger partial charge in [-0.05, 0) is 24.6 Å². The minimum absolute atomic E-state index is 0.0246. The molecule has 1 fully saturated rings. The maximum absolute atomic E-state index is 12.5. The van der Waals surface area contributed by atoms with Crippen LogP contribution < -0.4 is 5.32 Å². The molecule has 1 aromatic carbocycles. The van der Waals surface area contributed by atoms with Crippen LogP contribution in [0.2, 0.25) is 0 Å². The minimum atomic E-state index is -4.39. The maximum Gasteiger partial charge on any atom is 0.416 e. The first kappa shape index (κ1) is 13.2. The maximum atomic E-state index is 12.5. The Kier molecular flexibility index (Phi) is 3.27. The summed E-state index contributed by atoms with van der Waals surface area (Å²) < 4.78 is 59.9. The molecular weight excluding hydrogens is 267 g/mol. The van der Waals surface area contributed by atoms with Crippen molar-refractivity contribution in [2.75, 3.05) is 16.8 Å². The van der Waals surface area contributed by atoms with Crippen molar-refractivity contribution in [1.29, 1.82) is 0 Å². The average Bonchev–Trinajstić information content (AvgIpc) is 2.57. The summed E-state index contributed by atoms with van der Waals surface area (Å²) in [7, 11) is -3.04. The zero-order chi connectivity index (χ0) is 13.4. The lowest BCUT2D eigenvalue weighted by Gasteiger charge is -2.14. The number of sulfone groups is 1. The highest BCUT2D eigenvalue weighted by molar-refractivity contribution is 7.91. The second-order valence-electron chi connectivity index (χ2n) is 4.32. The van der Waals surface area contributed by atoms with Crippen LogP contribution in [0.4, 0.5) is 18.9 Å². The molecule has 0 radical (unpaired) electrons. The van der Waals surface area contributed by atoms with E-state index in [0.717, 1.165) is 12.1 Å². The monoisotopic (exact) mass is 279 g/mol. The molecule has 1 N–H and O–H groups in total. The second kappa shape index (κ2) is 4.46. The summed E-state index contributed by atoms with van der Waals surface area (Å²) in [5.74, 6) is 0.0624. The molecule has 1 aliphatic heterocycles. The molecule has 18 heavy (non-hydrogen) atoms. The molecule has 0 amide bonds. The van der Waals surface area contributed by atoms with Crippen molar-refractivity contribution in [3.63, 3.8) is 0 Å². The van der Waals surface area contributed by atoms with Crippen molar-refractivity contribution in [2.24, 2.45) is 0 Å². The Balaban J connectivity index is 2.11. The van der Waals surface area contributed by atoms with E-state index in [-0.39, 0.29) is 17.5 Å². The van der Waals surface area contributed by atoms with Gasteiger partial charge in [-0.25, -0.2) is 8.42 Å². The number of hydrogen-bond donors (Lipinski definition) is 1. The molecule has 0 spiro atoms. The molecule has 1 aromatic rings. The smallest absolute Gasteiger partial charge is 0.381 e. The summed E-state index contributed by atoms with van der Waals surface area (Å²) >= 11 is 0. The van der Waals surface area contributed by atoms with Crippen LogP contribution in [0.1, 0.15) is 12.0 Å². The lowest BCUT2D eigenvalue weighted by atomic mass is 10.1. The zero-order valence-corrected chi connectivity index (χ0v) is 10.2. The number of nitrogens with one attached hydrogen (secondary N) is 1. The van der Waals surface area contributed by atoms with Crippen molar-refractivity contribution in [2.45, 2.75) is 18.6 Å². The Hall–Kier alpha value is -1.24. The lowest BCUT2D eigenvalue weighted by Crippen LogP contribution is -2.20. The summed E-state index contributed by atoms with van der Waals surface area (Å²) in [6.45, 7) is 0. The molecular formula is C11H12F3NO2S. The molecule has 0 aliphatic carbocycles. The van der Waals surface area contributed by atoms with Crippen LogP contribution in [-0.2, 0) is 16.0 Å². The van der Waals surface area contributed by atoms with Gasteiger partial charge in [0.2, 0.25) is 0 Å². The van der Waals surface area contributed by atoms with Gasteiger partial charge < -0.3 is 5.32 Å². The molecule has 7 heteroatoms. The number of hydrogen-bond acceptors (Lipinski definition) is 3. The van der Waals surface area contributed by atoms with Gasteiger partial charge in [-0.2, -0.15) is 13.2 Å². The van der Waals surface area contributed by atoms with E-state index in [1.54, 1.807) is 0 Å². The predicted octanol–water partition coefficient (Wildman–Crippen LogP) is 2.30. The Labute approximate surface area is 103 Å². The van der Waals surface area contributed by atoms with Gasteiger partial charge in [-0.15, -0.1) is 0 Å². The highest BCUT2D eigenvalue weighted by atomic mass is 32.2. The summed E-state index contributed by atoms with van der Waals surface area (Å²) in [5, 5.41) is 2.83. The van der Waals surface area contributed by atoms with Gasteiger partial charge in [0, 0.05) is 11.7 Å². The van der Waals surface area contributed by atoms with Crippen LogP contribution in [0.25, 0.3) is 0 Å². The molecule has 1 aliphatic rings. The van der Waals surface area contributed by atoms with Crippen LogP contribution in [0.15, 0.2) is 24.3 Å². The zero-order valence-electron chi connectivity index (χ0n) is 9.37. The van der Waals surface area contributed by atoms with E-state index in [9.17, 15) is 21.6 Å². The van der Waals surface area contributed by atoms with Gasteiger partial charge in [0.05, 0.1) is 17.1 Å². The Morgan fingerprint density at radius 1 is 1.28 bits per heavy atom. The molecule has 2 rings (SSSR count). The number of rotatable bonds is 2. The SMILES string of the molecule is O=S1(=O)CCC(Nc2cccc(C(F)(F)F)c2)C1. The quantitative estimate of drug-likeness (QED) is 0.903. The molecule has 0 saturated carbocycles. The Morgan fingerprint density at radius 3 is 2.56 bits per heavy atom. The number of alkyl halides is 3. The van der Waals surface area contributed by atoms with Gasteiger partial charge in [-0.3, -0.25) is 0 Å². The van der Waals surface area contributed by atoms with Crippen LogP contribution in [0.3, 0.4) is 0 Å². The number of anilines is 1. The third-order valence-electron chi connectivity index (χ3n) is 2.79. The van der Waals surface area contributed by atoms with Crippen LogP contribution >= 0.6 is 0 Å². The Morgan fingerprint density at radius 2 is 2.00 bits per heavy atom. The molecule has 1 unspecified atom stereocenters. The molecule has 3 nitrogen and oxygen atoms in total. The van der Waals surface area contributed by atoms with E-state index in [2.05, 4.69) is 5.32 Å². The number of benzene rings is 1. The first-order valence-corrected chi connectivity index (χ1v) is 7.23. The molecule has 0 bridgehead atoms. The largest absolute Gasteiger partial charge is 0.416 e. The minimum Gasteiger partial charge on any atom is -0.381 e. The second-order valence-corrected chi connectivity index (χ2v) is 6.55. The van der Waals surface area contributed by atoms with Gasteiger partial charge in [-0.1, -0.05) is 6.07 Å². The molecule has 1 atom stereocenters. The van der Waals surface area contributed by atoms with Gasteiger partial charge in [0.25, 0.3) is 0 Å². The molecule has 1 heterocycles. The van der Waals surface area contributed by atoms with Gasteiger partial charge >= 0.3 is 6.18 Å². The van der Waals surface area contributed by atoms with Gasteiger partial charge in [0.1, 0.15) is 0 Å². The van der Waals surface area contributed by atoms with Gasteiger partial charge in [0.15, 0.2) is 9.84 Å². The fourth-order valence-electron chi connectivity index (χ4n) is 1.93. The van der Waals surface area contributed by atoms with E-state index in [4.69, 9.17) is 0 Å². The van der Waals surface area contributed by atoms with Crippen molar-refractivity contribution in [1.82, 2.24) is 0 Å². The van der Waals surface area contributed by atoms with Crippen LogP contribution in [-0.4, -0.2) is 26.0 Å². The first-order valence-electron chi connectivity index (χ1n) is 5.40. The molecule has 1 saturated heterocycles. The third-order valence-corrected chi connectivity index (χ3v) is 4.56. The van der Waals surface area contributed by atoms with Crippen molar-refractivity contribution in [3.8, 4) is 0 Å². The summed E-state index contributed by atoms with van der Waals surface area (Å²) in [6, 6.07) is 4.47. The molecule has 0 aromatic heterocycles. The van der Waals surface area contributed by atoms with E-state index in [1.165, 1.54) is 12.1 Å². The van der Waals surface area contributed by atoms with Crippen molar-refractivity contribution >= 4 is 15.5 Å². The highest BCUT2D eigenvalue weighted by Crippen LogP contribution is 2.31. The van der Waals surface area contributed by atoms with E-state index in [0.29, 0.717) is 12.1 Å². The van der Waals surface area contributed by atoms with Crippen molar-refractivity contribution < 1.29 is 21.6 Å². The summed E-state index contributed by atoms with van der Waals surface area (Å²) in [6.07, 6.45) is -3.96. The fraction of sp³-hybridized carbons (Fsp3) is 0.455. The van der Waals surface area contributed by atoms with Crippen molar-refractivity contribution in [3.05, 3.63) is 29.8 Å². The fourth-order valence-corrected chi connectivity index (χ4v) is 3.60. The van der Waals surface area contributed by atoms with E-state index < -0.39 is 21.6 Å². The van der Waals surface area contributed by atoms with E-state index in [1.807, 2.05) is 0 Å². The van der Waals surface area contributed by atoms with E-state index >= 15 is 0 Å². The summed E-state index contributed by atoms with van der Waals surface area (Å²) in [4.78, 5) is 0. The van der Waals surface area contributed by atoms with Crippen LogP contribution in [0.5, 0.6) is 0 Å². The average molecular weight is 279 g/mol. The Bertz CT molecular complexity index is 539.